The standard InChI is InChI=1S/C16H13ClN4O/c1-10-6-7-11(17)8-13(10)16(22)20-14-5-3-2-4-12(14)15-18-9-19-21-15/h2-9H,1H3,(H,20,22)(H,18,19,21). The molecule has 0 fully saturated rings. The Bertz CT molecular complexity index is 815. The Labute approximate surface area is 132 Å². The van der Waals surface area contributed by atoms with Crippen LogP contribution in [0.25, 0.3) is 11.4 Å². The smallest absolute Gasteiger partial charge is 0.256 e. The number of carbonyl (C=O) groups excluding carboxylic acids is 1. The van der Waals surface area contributed by atoms with Crippen LogP contribution < -0.4 is 5.32 Å². The highest BCUT2D eigenvalue weighted by molar-refractivity contribution is 6.31. The molecule has 0 saturated heterocycles. The first kappa shape index (κ1) is 14.3. The number of carbonyl (C=O) groups is 1. The van der Waals surface area contributed by atoms with Crippen molar-refractivity contribution in [3.05, 3.63) is 64.9 Å². The largest absolute Gasteiger partial charge is 0.321 e. The zero-order valence-electron chi connectivity index (χ0n) is 11.8. The van der Waals surface area contributed by atoms with Gasteiger partial charge in [-0.3, -0.25) is 9.89 Å². The highest BCUT2D eigenvalue weighted by Gasteiger charge is 2.13. The number of aromatic nitrogens is 3. The molecule has 6 heteroatoms. The third kappa shape index (κ3) is 2.84. The molecule has 0 aliphatic rings. The normalized spacial score (nSPS) is 10.5. The molecule has 0 unspecified atom stereocenters. The van der Waals surface area contributed by atoms with Crippen molar-refractivity contribution in [2.24, 2.45) is 0 Å². The number of amides is 1. The minimum absolute atomic E-state index is 0.216. The summed E-state index contributed by atoms with van der Waals surface area (Å²) in [6.07, 6.45) is 1.43. The van der Waals surface area contributed by atoms with E-state index in [2.05, 4.69) is 20.5 Å². The Morgan fingerprint density at radius 2 is 2.05 bits per heavy atom. The van der Waals surface area contributed by atoms with Gasteiger partial charge in [-0.15, -0.1) is 0 Å². The summed E-state index contributed by atoms with van der Waals surface area (Å²) >= 11 is 5.97. The predicted octanol–water partition coefficient (Wildman–Crippen LogP) is 3.69. The summed E-state index contributed by atoms with van der Waals surface area (Å²) in [7, 11) is 0. The molecule has 3 rings (SSSR count). The number of anilines is 1. The van der Waals surface area contributed by atoms with E-state index in [1.54, 1.807) is 12.1 Å². The highest BCUT2D eigenvalue weighted by Crippen LogP contribution is 2.25. The molecule has 0 saturated carbocycles. The molecule has 5 nitrogen and oxygen atoms in total. The fourth-order valence-electron chi connectivity index (χ4n) is 2.16. The van der Waals surface area contributed by atoms with Gasteiger partial charge in [-0.1, -0.05) is 29.8 Å². The summed E-state index contributed by atoms with van der Waals surface area (Å²) in [4.78, 5) is 16.6. The van der Waals surface area contributed by atoms with Crippen molar-refractivity contribution in [2.45, 2.75) is 6.92 Å². The van der Waals surface area contributed by atoms with Crippen LogP contribution in [0.3, 0.4) is 0 Å². The number of halogens is 1. The lowest BCUT2D eigenvalue weighted by Gasteiger charge is -2.11. The number of benzene rings is 2. The van der Waals surface area contributed by atoms with E-state index in [9.17, 15) is 4.79 Å². The summed E-state index contributed by atoms with van der Waals surface area (Å²) in [5.74, 6) is 0.380. The molecule has 3 aromatic rings. The van der Waals surface area contributed by atoms with Gasteiger partial charge in [0.1, 0.15) is 6.33 Å². The fourth-order valence-corrected chi connectivity index (χ4v) is 2.33. The molecule has 2 N–H and O–H groups in total. The highest BCUT2D eigenvalue weighted by atomic mass is 35.5. The van der Waals surface area contributed by atoms with Gasteiger partial charge in [-0.2, -0.15) is 5.10 Å². The van der Waals surface area contributed by atoms with Crippen molar-refractivity contribution >= 4 is 23.2 Å². The van der Waals surface area contributed by atoms with E-state index < -0.39 is 0 Å². The van der Waals surface area contributed by atoms with Crippen molar-refractivity contribution < 1.29 is 4.79 Å². The number of rotatable bonds is 3. The zero-order valence-corrected chi connectivity index (χ0v) is 12.6. The second-order valence-electron chi connectivity index (χ2n) is 4.79. The number of nitrogens with one attached hydrogen (secondary N) is 2. The van der Waals surface area contributed by atoms with Crippen LogP contribution in [0.2, 0.25) is 5.02 Å². The van der Waals surface area contributed by atoms with Crippen molar-refractivity contribution in [1.82, 2.24) is 15.2 Å². The lowest BCUT2D eigenvalue weighted by atomic mass is 10.1. The molecule has 1 aromatic heterocycles. The summed E-state index contributed by atoms with van der Waals surface area (Å²) < 4.78 is 0. The summed E-state index contributed by atoms with van der Waals surface area (Å²) in [5, 5.41) is 10.1. The maximum atomic E-state index is 12.5. The average molecular weight is 313 g/mol. The van der Waals surface area contributed by atoms with E-state index in [-0.39, 0.29) is 5.91 Å². The number of aryl methyl sites for hydroxylation is 1. The van der Waals surface area contributed by atoms with Gasteiger partial charge in [0.05, 0.1) is 5.69 Å². The van der Waals surface area contributed by atoms with Crippen LogP contribution >= 0.6 is 11.6 Å². The fraction of sp³-hybridized carbons (Fsp3) is 0.0625. The first-order valence-electron chi connectivity index (χ1n) is 6.67. The van der Waals surface area contributed by atoms with Crippen LogP contribution in [0.5, 0.6) is 0 Å². The van der Waals surface area contributed by atoms with E-state index in [1.807, 2.05) is 37.3 Å². The Morgan fingerprint density at radius 1 is 1.23 bits per heavy atom. The van der Waals surface area contributed by atoms with Gasteiger partial charge in [0, 0.05) is 16.1 Å². The predicted molar refractivity (Wildman–Crippen MR) is 86.0 cm³/mol. The monoisotopic (exact) mass is 312 g/mol. The maximum Gasteiger partial charge on any atom is 0.256 e. The molecule has 0 radical (unpaired) electrons. The second-order valence-corrected chi connectivity index (χ2v) is 5.23. The third-order valence-electron chi connectivity index (χ3n) is 3.29. The van der Waals surface area contributed by atoms with Crippen LogP contribution in [-0.4, -0.2) is 21.1 Å². The molecule has 110 valence electrons. The molecule has 0 spiro atoms. The molecule has 2 aromatic carbocycles. The molecule has 1 amide bonds. The molecule has 1 heterocycles. The van der Waals surface area contributed by atoms with Crippen molar-refractivity contribution in [3.63, 3.8) is 0 Å². The minimum Gasteiger partial charge on any atom is -0.321 e. The van der Waals surface area contributed by atoms with E-state index in [0.29, 0.717) is 22.1 Å². The van der Waals surface area contributed by atoms with Crippen molar-refractivity contribution in [3.8, 4) is 11.4 Å². The van der Waals surface area contributed by atoms with E-state index in [4.69, 9.17) is 11.6 Å². The first-order chi connectivity index (χ1) is 10.6. The minimum atomic E-state index is -0.216. The van der Waals surface area contributed by atoms with Crippen LogP contribution in [0.4, 0.5) is 5.69 Å². The summed E-state index contributed by atoms with van der Waals surface area (Å²) in [6, 6.07) is 12.6. The van der Waals surface area contributed by atoms with E-state index in [0.717, 1.165) is 11.1 Å². The Morgan fingerprint density at radius 3 is 2.82 bits per heavy atom. The topological polar surface area (TPSA) is 70.7 Å². The Hall–Kier alpha value is -2.66. The van der Waals surface area contributed by atoms with Crippen LogP contribution in [-0.2, 0) is 0 Å². The van der Waals surface area contributed by atoms with Gasteiger partial charge >= 0.3 is 0 Å². The summed E-state index contributed by atoms with van der Waals surface area (Å²) in [6.45, 7) is 1.87. The molecule has 0 aliphatic heterocycles. The van der Waals surface area contributed by atoms with Gasteiger partial charge in [-0.25, -0.2) is 4.98 Å². The molecule has 22 heavy (non-hydrogen) atoms. The Kier molecular flexibility index (Phi) is 3.89. The van der Waals surface area contributed by atoms with Crippen molar-refractivity contribution in [2.75, 3.05) is 5.32 Å². The quantitative estimate of drug-likeness (QED) is 0.775. The lowest BCUT2D eigenvalue weighted by molar-refractivity contribution is 0.102. The van der Waals surface area contributed by atoms with Gasteiger partial charge in [0.15, 0.2) is 5.82 Å². The van der Waals surface area contributed by atoms with E-state index in [1.165, 1.54) is 6.33 Å². The van der Waals surface area contributed by atoms with Gasteiger partial charge in [0.2, 0.25) is 0 Å². The van der Waals surface area contributed by atoms with Gasteiger partial charge in [-0.05, 0) is 36.8 Å². The zero-order chi connectivity index (χ0) is 15.5. The molecule has 0 bridgehead atoms. The number of aromatic amines is 1. The molecular formula is C16H13ClN4O. The van der Waals surface area contributed by atoms with Crippen LogP contribution in [0.15, 0.2) is 48.8 Å². The summed E-state index contributed by atoms with van der Waals surface area (Å²) in [5.41, 5.74) is 2.83. The first-order valence-corrected chi connectivity index (χ1v) is 7.05. The van der Waals surface area contributed by atoms with Gasteiger partial charge < -0.3 is 5.32 Å². The third-order valence-corrected chi connectivity index (χ3v) is 3.52. The number of para-hydroxylation sites is 1. The van der Waals surface area contributed by atoms with E-state index >= 15 is 0 Å². The van der Waals surface area contributed by atoms with Crippen LogP contribution in [0.1, 0.15) is 15.9 Å². The molecule has 0 aliphatic carbocycles. The Balaban J connectivity index is 1.94. The number of H-pyrrole nitrogens is 1. The van der Waals surface area contributed by atoms with Gasteiger partial charge in [0.25, 0.3) is 5.91 Å². The number of hydrogen-bond acceptors (Lipinski definition) is 3. The second kappa shape index (κ2) is 5.99. The number of nitrogens with zero attached hydrogens (tertiary/aromatic N) is 2. The van der Waals surface area contributed by atoms with Crippen LogP contribution in [0, 0.1) is 6.92 Å². The number of hydrogen-bond donors (Lipinski definition) is 2. The average Bonchev–Trinajstić information content (AvgIpc) is 3.04. The lowest BCUT2D eigenvalue weighted by Crippen LogP contribution is -2.14. The SMILES string of the molecule is Cc1ccc(Cl)cc1C(=O)Nc1ccccc1-c1ncn[nH]1. The molecule has 0 atom stereocenters. The molecular weight excluding hydrogens is 300 g/mol. The van der Waals surface area contributed by atoms with Crippen molar-refractivity contribution in [1.29, 1.82) is 0 Å². The maximum absolute atomic E-state index is 12.5.